The number of nitrogens with zero attached hydrogens (tertiary/aromatic N) is 5. The van der Waals surface area contributed by atoms with Gasteiger partial charge in [-0.3, -0.25) is 4.90 Å². The number of carbonyl (C=O) groups excluding carboxylic acids is 2. The number of nitrogens with one attached hydrogen (secondary N) is 2. The molecule has 15 heteroatoms. The number of urea groups is 1. The number of hydrogen-bond acceptors (Lipinski definition) is 7. The Labute approximate surface area is 256 Å². The van der Waals surface area contributed by atoms with E-state index in [4.69, 9.17) is 10.5 Å². The van der Waals surface area contributed by atoms with Crippen LogP contribution in [0.1, 0.15) is 32.0 Å². The van der Waals surface area contributed by atoms with Gasteiger partial charge in [0.1, 0.15) is 23.3 Å². The fraction of sp³-hybridized carbons (Fsp3) is 0.333. The van der Waals surface area contributed by atoms with E-state index in [1.54, 1.807) is 33.7 Å². The van der Waals surface area contributed by atoms with Crippen molar-refractivity contribution in [3.05, 3.63) is 71.9 Å². The van der Waals surface area contributed by atoms with E-state index in [-0.39, 0.29) is 11.9 Å². The number of nitrogen functional groups attached to an aromatic ring is 1. The molecule has 0 saturated carbocycles. The number of aromatic nitrogens is 3. The van der Waals surface area contributed by atoms with E-state index >= 15 is 0 Å². The maximum Gasteiger partial charge on any atom is 0.416 e. The molecule has 0 unspecified atom stereocenters. The van der Waals surface area contributed by atoms with Crippen molar-refractivity contribution in [1.29, 1.82) is 0 Å². The second-order valence-electron chi connectivity index (χ2n) is 11.5. The SMILES string of the molecule is CC(C)(C)OC(=O)N1CCN(Cc2cc(-c3ccc(NC(=O)Nc4cc(C(F)(F)F)ccc4F)cc3)c3c(N)ncnn23)CC1. The summed E-state index contributed by atoms with van der Waals surface area (Å²) in [6, 6.07) is 9.45. The smallest absolute Gasteiger partial charge is 0.416 e. The fourth-order valence-electron chi connectivity index (χ4n) is 4.92. The maximum atomic E-state index is 14.1. The first-order chi connectivity index (χ1) is 21.2. The quantitative estimate of drug-likeness (QED) is 0.237. The van der Waals surface area contributed by atoms with Gasteiger partial charge >= 0.3 is 18.3 Å². The van der Waals surface area contributed by atoms with Crippen molar-refractivity contribution in [3.63, 3.8) is 0 Å². The van der Waals surface area contributed by atoms with Gasteiger partial charge in [-0.1, -0.05) is 12.1 Å². The Balaban J connectivity index is 1.28. The minimum Gasteiger partial charge on any atom is -0.444 e. The summed E-state index contributed by atoms with van der Waals surface area (Å²) in [6.07, 6.45) is -3.66. The number of ether oxygens (including phenoxy) is 1. The Morgan fingerprint density at radius 3 is 2.31 bits per heavy atom. The van der Waals surface area contributed by atoms with Crippen LogP contribution >= 0.6 is 0 Å². The highest BCUT2D eigenvalue weighted by molar-refractivity contribution is 6.00. The van der Waals surface area contributed by atoms with Crippen LogP contribution in [-0.2, 0) is 17.5 Å². The Morgan fingerprint density at radius 1 is 0.978 bits per heavy atom. The number of fused-ring (bicyclic) bond motifs is 1. The number of rotatable bonds is 5. The summed E-state index contributed by atoms with van der Waals surface area (Å²) in [5.74, 6) is -0.736. The third-order valence-corrected chi connectivity index (χ3v) is 7.06. The lowest BCUT2D eigenvalue weighted by Gasteiger charge is -2.35. The summed E-state index contributed by atoms with van der Waals surface area (Å²) in [4.78, 5) is 32.9. The molecule has 0 atom stereocenters. The molecule has 1 aliphatic rings. The summed E-state index contributed by atoms with van der Waals surface area (Å²) in [6.45, 7) is 8.33. The van der Waals surface area contributed by atoms with Gasteiger partial charge in [-0.15, -0.1) is 0 Å². The van der Waals surface area contributed by atoms with Crippen LogP contribution in [0, 0.1) is 5.82 Å². The molecule has 4 aromatic rings. The van der Waals surface area contributed by atoms with Gasteiger partial charge < -0.3 is 26.0 Å². The van der Waals surface area contributed by atoms with Gasteiger partial charge in [0.2, 0.25) is 0 Å². The molecule has 2 aromatic heterocycles. The number of hydrogen-bond donors (Lipinski definition) is 3. The van der Waals surface area contributed by atoms with Crippen molar-refractivity contribution in [3.8, 4) is 11.1 Å². The second-order valence-corrected chi connectivity index (χ2v) is 11.5. The van der Waals surface area contributed by atoms with Crippen LogP contribution in [0.25, 0.3) is 16.6 Å². The first-order valence-electron chi connectivity index (χ1n) is 14.0. The van der Waals surface area contributed by atoms with Crippen LogP contribution < -0.4 is 16.4 Å². The van der Waals surface area contributed by atoms with E-state index in [9.17, 15) is 27.2 Å². The minimum absolute atomic E-state index is 0.269. The normalized spacial score (nSPS) is 14.4. The van der Waals surface area contributed by atoms with Crippen LogP contribution in [0.5, 0.6) is 0 Å². The summed E-state index contributed by atoms with van der Waals surface area (Å²) >= 11 is 0. The number of anilines is 3. The molecule has 0 spiro atoms. The van der Waals surface area contributed by atoms with Gasteiger partial charge in [-0.05, 0) is 62.7 Å². The van der Waals surface area contributed by atoms with Gasteiger partial charge in [0.05, 0.1) is 16.9 Å². The number of amides is 3. The summed E-state index contributed by atoms with van der Waals surface area (Å²) in [5.41, 5.74) is 7.25. The number of nitrogens with two attached hydrogens (primary N) is 1. The molecule has 1 fully saturated rings. The van der Waals surface area contributed by atoms with E-state index < -0.39 is 34.9 Å². The van der Waals surface area contributed by atoms with Crippen molar-refractivity contribution in [2.75, 3.05) is 42.5 Å². The highest BCUT2D eigenvalue weighted by atomic mass is 19.4. The molecule has 5 rings (SSSR count). The van der Waals surface area contributed by atoms with Crippen LogP contribution in [0.3, 0.4) is 0 Å². The molecule has 0 radical (unpaired) electrons. The van der Waals surface area contributed by atoms with Crippen molar-refractivity contribution < 1.29 is 31.9 Å². The fourth-order valence-corrected chi connectivity index (χ4v) is 4.92. The van der Waals surface area contributed by atoms with Crippen molar-refractivity contribution >= 4 is 34.8 Å². The molecule has 3 heterocycles. The third-order valence-electron chi connectivity index (χ3n) is 7.06. The summed E-state index contributed by atoms with van der Waals surface area (Å²) in [5, 5.41) is 9.02. The van der Waals surface area contributed by atoms with Crippen LogP contribution in [0.2, 0.25) is 0 Å². The molecule has 1 aliphatic heterocycles. The van der Waals surface area contributed by atoms with E-state index in [0.29, 0.717) is 62.1 Å². The third kappa shape index (κ3) is 7.42. The predicted octanol–water partition coefficient (Wildman–Crippen LogP) is 5.83. The van der Waals surface area contributed by atoms with E-state index in [2.05, 4.69) is 25.6 Å². The molecule has 11 nitrogen and oxygen atoms in total. The average molecular weight is 629 g/mol. The van der Waals surface area contributed by atoms with Gasteiger partial charge in [-0.2, -0.15) is 18.3 Å². The number of piperazine rings is 1. The van der Waals surface area contributed by atoms with Gasteiger partial charge in [0.15, 0.2) is 5.82 Å². The molecule has 1 saturated heterocycles. The molecule has 0 bridgehead atoms. The first kappa shape index (κ1) is 31.5. The molecule has 0 aliphatic carbocycles. The Kier molecular flexibility index (Phi) is 8.56. The number of benzene rings is 2. The lowest BCUT2D eigenvalue weighted by atomic mass is 10.1. The largest absolute Gasteiger partial charge is 0.444 e. The molecule has 45 heavy (non-hydrogen) atoms. The van der Waals surface area contributed by atoms with Crippen molar-refractivity contribution in [2.24, 2.45) is 0 Å². The summed E-state index contributed by atoms with van der Waals surface area (Å²) in [7, 11) is 0. The van der Waals surface area contributed by atoms with Crippen LogP contribution in [-0.4, -0.2) is 68.3 Å². The van der Waals surface area contributed by atoms with Crippen LogP contribution in [0.15, 0.2) is 54.9 Å². The van der Waals surface area contributed by atoms with Crippen molar-refractivity contribution in [1.82, 2.24) is 24.4 Å². The number of halogens is 4. The number of alkyl halides is 3. The number of carbonyl (C=O) groups is 2. The Bertz CT molecular complexity index is 1710. The zero-order valence-corrected chi connectivity index (χ0v) is 24.8. The zero-order valence-electron chi connectivity index (χ0n) is 24.8. The molecule has 3 amide bonds. The molecular formula is C30H32F4N8O3. The summed E-state index contributed by atoms with van der Waals surface area (Å²) < 4.78 is 60.3. The predicted molar refractivity (Wildman–Crippen MR) is 160 cm³/mol. The van der Waals surface area contributed by atoms with Gasteiger partial charge in [0, 0.05) is 44.0 Å². The molecule has 4 N–H and O–H groups in total. The Morgan fingerprint density at radius 2 is 1.67 bits per heavy atom. The minimum atomic E-state index is -4.69. The maximum absolute atomic E-state index is 14.1. The first-order valence-corrected chi connectivity index (χ1v) is 14.0. The average Bonchev–Trinajstić information content (AvgIpc) is 3.33. The van der Waals surface area contributed by atoms with Crippen LogP contribution in [0.4, 0.5) is 44.3 Å². The second kappa shape index (κ2) is 12.2. The monoisotopic (exact) mass is 628 g/mol. The zero-order chi connectivity index (χ0) is 32.5. The van der Waals surface area contributed by atoms with Gasteiger partial charge in [0.25, 0.3) is 0 Å². The topological polar surface area (TPSA) is 130 Å². The Hall–Kier alpha value is -4.92. The molecular weight excluding hydrogens is 596 g/mol. The lowest BCUT2D eigenvalue weighted by molar-refractivity contribution is -0.137. The lowest BCUT2D eigenvalue weighted by Crippen LogP contribution is -2.49. The van der Waals surface area contributed by atoms with Gasteiger partial charge in [-0.25, -0.2) is 23.5 Å². The van der Waals surface area contributed by atoms with E-state index in [1.807, 2.05) is 26.8 Å². The van der Waals surface area contributed by atoms with E-state index in [1.165, 1.54) is 6.33 Å². The van der Waals surface area contributed by atoms with E-state index in [0.717, 1.165) is 16.8 Å². The molecule has 238 valence electrons. The standard InChI is InChI=1S/C30H32F4N8O3/c1-29(2,3)45-28(44)41-12-10-40(11-13-41)16-21-15-22(25-26(35)36-17-37-42(21)25)18-4-7-20(8-5-18)38-27(43)39-24-14-19(30(32,33)34)6-9-23(24)31/h4-9,14-15,17H,10-13,16H2,1-3H3,(H2,35,36,37)(H2,38,39,43). The highest BCUT2D eigenvalue weighted by Crippen LogP contribution is 2.33. The van der Waals surface area contributed by atoms with Crippen molar-refractivity contribution in [2.45, 2.75) is 39.1 Å². The molecule has 2 aromatic carbocycles. The highest BCUT2D eigenvalue weighted by Gasteiger charge is 2.31.